The minimum atomic E-state index is -4.80. The summed E-state index contributed by atoms with van der Waals surface area (Å²) >= 11 is 0. The molecule has 26 heavy (non-hydrogen) atoms. The summed E-state index contributed by atoms with van der Waals surface area (Å²) in [5.41, 5.74) is -2.36. The van der Waals surface area contributed by atoms with Gasteiger partial charge in [-0.2, -0.15) is 13.2 Å². The molecule has 0 spiro atoms. The number of nitro benzene ring substituents is 1. The molecule has 0 aliphatic heterocycles. The number of quaternary nitrogens is 1. The van der Waals surface area contributed by atoms with Crippen LogP contribution in [0.3, 0.4) is 0 Å². The van der Waals surface area contributed by atoms with Gasteiger partial charge in [0.15, 0.2) is 6.04 Å². The summed E-state index contributed by atoms with van der Waals surface area (Å²) in [4.78, 5) is 22.1. The zero-order valence-electron chi connectivity index (χ0n) is 14.5. The summed E-state index contributed by atoms with van der Waals surface area (Å²) in [6.45, 7) is 1.65. The van der Waals surface area contributed by atoms with E-state index in [2.05, 4.69) is 5.32 Å². The van der Waals surface area contributed by atoms with Crippen molar-refractivity contribution in [3.05, 3.63) is 33.9 Å². The highest BCUT2D eigenvalue weighted by Crippen LogP contribution is 2.37. The highest BCUT2D eigenvalue weighted by atomic mass is 19.4. The molecule has 2 rings (SSSR count). The molecule has 1 aromatic rings. The molecular weight excluding hydrogens is 351 g/mol. The molecule has 3 N–H and O–H groups in total. The number of nitro groups is 1. The molecular formula is C17H23F3N3O3+. The molecule has 1 atom stereocenters. The molecule has 1 aliphatic rings. The van der Waals surface area contributed by atoms with Gasteiger partial charge in [0.05, 0.1) is 22.2 Å². The Hall–Kier alpha value is -2.16. The maximum atomic E-state index is 13.2. The third kappa shape index (κ3) is 5.42. The summed E-state index contributed by atoms with van der Waals surface area (Å²) in [6, 6.07) is 2.06. The van der Waals surface area contributed by atoms with Crippen molar-refractivity contribution in [1.29, 1.82) is 0 Å². The first-order valence-corrected chi connectivity index (χ1v) is 8.70. The number of hydrogen-bond donors (Lipinski definition) is 2. The Morgan fingerprint density at radius 3 is 2.42 bits per heavy atom. The van der Waals surface area contributed by atoms with Gasteiger partial charge in [0.2, 0.25) is 0 Å². The number of alkyl halides is 3. The Balaban J connectivity index is 2.10. The topological polar surface area (TPSA) is 88.8 Å². The van der Waals surface area contributed by atoms with Crippen molar-refractivity contribution in [2.75, 3.05) is 5.32 Å². The third-order valence-corrected chi connectivity index (χ3v) is 4.65. The molecule has 9 heteroatoms. The SMILES string of the molecule is C[C@@H]([NH2+]C1CCCCCC1)C(=O)Nc1ccc([N+](=O)[O-])cc1C(F)(F)F. The van der Waals surface area contributed by atoms with Crippen molar-refractivity contribution in [3.8, 4) is 0 Å². The van der Waals surface area contributed by atoms with Crippen LogP contribution in [0.5, 0.6) is 0 Å². The molecule has 0 bridgehead atoms. The Kier molecular flexibility index (Phi) is 6.57. The van der Waals surface area contributed by atoms with E-state index in [1.54, 1.807) is 6.92 Å². The van der Waals surface area contributed by atoms with Gasteiger partial charge < -0.3 is 10.6 Å². The van der Waals surface area contributed by atoms with Gasteiger partial charge in [-0.3, -0.25) is 14.9 Å². The maximum absolute atomic E-state index is 13.2. The van der Waals surface area contributed by atoms with E-state index < -0.39 is 40.0 Å². The highest BCUT2D eigenvalue weighted by molar-refractivity contribution is 5.94. The highest BCUT2D eigenvalue weighted by Gasteiger charge is 2.36. The van der Waals surface area contributed by atoms with E-state index in [1.165, 1.54) is 12.8 Å². The number of carbonyl (C=O) groups is 1. The minimum Gasteiger partial charge on any atom is -0.334 e. The fourth-order valence-corrected chi connectivity index (χ4v) is 3.23. The van der Waals surface area contributed by atoms with Crippen LogP contribution in [0.25, 0.3) is 0 Å². The Bertz CT molecular complexity index is 656. The van der Waals surface area contributed by atoms with E-state index in [1.807, 2.05) is 5.32 Å². The van der Waals surface area contributed by atoms with E-state index in [4.69, 9.17) is 0 Å². The molecule has 6 nitrogen and oxygen atoms in total. The number of nitrogens with two attached hydrogens (primary N) is 1. The third-order valence-electron chi connectivity index (χ3n) is 4.65. The predicted octanol–water partition coefficient (Wildman–Crippen LogP) is 3.23. The van der Waals surface area contributed by atoms with Gasteiger partial charge in [0, 0.05) is 12.1 Å². The van der Waals surface area contributed by atoms with Crippen molar-refractivity contribution in [2.45, 2.75) is 63.7 Å². The van der Waals surface area contributed by atoms with Gasteiger partial charge in [0.1, 0.15) is 0 Å². The van der Waals surface area contributed by atoms with Crippen LogP contribution in [0.15, 0.2) is 18.2 Å². The van der Waals surface area contributed by atoms with Crippen LogP contribution in [0.2, 0.25) is 0 Å². The molecule has 1 fully saturated rings. The van der Waals surface area contributed by atoms with Crippen molar-refractivity contribution in [3.63, 3.8) is 0 Å². The number of rotatable bonds is 5. The van der Waals surface area contributed by atoms with Crippen LogP contribution in [-0.2, 0) is 11.0 Å². The fourth-order valence-electron chi connectivity index (χ4n) is 3.23. The second-order valence-electron chi connectivity index (χ2n) is 6.71. The van der Waals surface area contributed by atoms with E-state index >= 15 is 0 Å². The fraction of sp³-hybridized carbons (Fsp3) is 0.588. The zero-order chi connectivity index (χ0) is 19.3. The molecule has 144 valence electrons. The van der Waals surface area contributed by atoms with Gasteiger partial charge in [-0.1, -0.05) is 12.8 Å². The number of hydrogen-bond acceptors (Lipinski definition) is 3. The van der Waals surface area contributed by atoms with Crippen molar-refractivity contribution >= 4 is 17.3 Å². The number of anilines is 1. The standard InChI is InChI=1S/C17H22F3N3O3/c1-11(21-12-6-4-2-3-5-7-12)16(24)22-15-9-8-13(23(25)26)10-14(15)17(18,19)20/h8-12,21H,2-7H2,1H3,(H,22,24)/p+1/t11-/m1/s1. The van der Waals surface area contributed by atoms with Gasteiger partial charge in [0.25, 0.3) is 11.6 Å². The van der Waals surface area contributed by atoms with E-state index in [9.17, 15) is 28.1 Å². The van der Waals surface area contributed by atoms with Crippen molar-refractivity contribution in [2.24, 2.45) is 0 Å². The van der Waals surface area contributed by atoms with Crippen LogP contribution in [0.1, 0.15) is 51.0 Å². The Morgan fingerprint density at radius 2 is 1.88 bits per heavy atom. The van der Waals surface area contributed by atoms with Gasteiger partial charge >= 0.3 is 6.18 Å². The Labute approximate surface area is 149 Å². The van der Waals surface area contributed by atoms with Crippen LogP contribution < -0.4 is 10.6 Å². The average Bonchev–Trinajstić information content (AvgIpc) is 2.82. The summed E-state index contributed by atoms with van der Waals surface area (Å²) in [7, 11) is 0. The molecule has 0 aromatic heterocycles. The first-order valence-electron chi connectivity index (χ1n) is 8.70. The Morgan fingerprint density at radius 1 is 1.27 bits per heavy atom. The zero-order valence-corrected chi connectivity index (χ0v) is 14.5. The quantitative estimate of drug-likeness (QED) is 0.471. The number of nitrogens with zero attached hydrogens (tertiary/aromatic N) is 1. The van der Waals surface area contributed by atoms with Crippen LogP contribution >= 0.6 is 0 Å². The maximum Gasteiger partial charge on any atom is 0.418 e. The number of nitrogens with one attached hydrogen (secondary N) is 1. The summed E-state index contributed by atoms with van der Waals surface area (Å²) in [6.07, 6.45) is 1.70. The smallest absolute Gasteiger partial charge is 0.334 e. The normalized spacial score (nSPS) is 17.4. The molecule has 0 radical (unpaired) electrons. The summed E-state index contributed by atoms with van der Waals surface area (Å²) in [5.74, 6) is -0.548. The number of halogens is 3. The summed E-state index contributed by atoms with van der Waals surface area (Å²) in [5, 5.41) is 14.9. The van der Waals surface area contributed by atoms with Crippen molar-refractivity contribution < 1.29 is 28.2 Å². The molecule has 0 heterocycles. The largest absolute Gasteiger partial charge is 0.418 e. The average molecular weight is 374 g/mol. The second kappa shape index (κ2) is 8.48. The monoisotopic (exact) mass is 374 g/mol. The van der Waals surface area contributed by atoms with Crippen LogP contribution in [0, 0.1) is 10.1 Å². The summed E-state index contributed by atoms with van der Waals surface area (Å²) < 4.78 is 39.5. The lowest BCUT2D eigenvalue weighted by Crippen LogP contribution is -2.96. The van der Waals surface area contributed by atoms with Crippen molar-refractivity contribution in [1.82, 2.24) is 0 Å². The molecule has 1 aromatic carbocycles. The second-order valence-corrected chi connectivity index (χ2v) is 6.71. The molecule has 0 unspecified atom stereocenters. The lowest BCUT2D eigenvalue weighted by Gasteiger charge is -2.19. The number of carbonyl (C=O) groups excluding carboxylic acids is 1. The molecule has 1 amide bonds. The number of amides is 1. The van der Waals surface area contributed by atoms with Gasteiger partial charge in [-0.25, -0.2) is 0 Å². The van der Waals surface area contributed by atoms with Crippen LogP contribution in [-0.4, -0.2) is 22.9 Å². The lowest BCUT2D eigenvalue weighted by atomic mass is 10.1. The van der Waals surface area contributed by atoms with Gasteiger partial charge in [-0.05, 0) is 38.7 Å². The van der Waals surface area contributed by atoms with E-state index in [0.29, 0.717) is 6.07 Å². The first kappa shape index (κ1) is 20.2. The predicted molar refractivity (Wildman–Crippen MR) is 89.6 cm³/mol. The lowest BCUT2D eigenvalue weighted by molar-refractivity contribution is -0.707. The molecule has 1 saturated carbocycles. The first-order chi connectivity index (χ1) is 12.2. The molecule has 1 aliphatic carbocycles. The number of benzene rings is 1. The minimum absolute atomic E-state index is 0.289. The van der Waals surface area contributed by atoms with Crippen LogP contribution in [0.4, 0.5) is 24.5 Å². The van der Waals surface area contributed by atoms with E-state index in [0.717, 1.165) is 37.8 Å². The number of non-ortho nitro benzene ring substituents is 1. The van der Waals surface area contributed by atoms with E-state index in [-0.39, 0.29) is 6.04 Å². The van der Waals surface area contributed by atoms with Gasteiger partial charge in [-0.15, -0.1) is 0 Å². The molecule has 0 saturated heterocycles.